The van der Waals surface area contributed by atoms with Crippen LogP contribution in [0.15, 0.2) is 18.2 Å². The zero-order valence-corrected chi connectivity index (χ0v) is 14.7. The molecular formula is C17H25Cl2NO. The fraction of sp³-hybridized carbons (Fsp3) is 0.647. The predicted molar refractivity (Wildman–Crippen MR) is 90.2 cm³/mol. The summed E-state index contributed by atoms with van der Waals surface area (Å²) in [5, 5.41) is 5.15. The predicted octanol–water partition coefficient (Wildman–Crippen LogP) is 5.09. The monoisotopic (exact) mass is 329 g/mol. The van der Waals surface area contributed by atoms with E-state index in [2.05, 4.69) is 33.0 Å². The molecule has 2 rings (SSSR count). The van der Waals surface area contributed by atoms with Gasteiger partial charge in [-0.15, -0.1) is 0 Å². The third kappa shape index (κ3) is 3.73. The molecule has 2 nitrogen and oxygen atoms in total. The topological polar surface area (TPSA) is 21.3 Å². The fourth-order valence-electron chi connectivity index (χ4n) is 3.37. The average molecular weight is 330 g/mol. The van der Waals surface area contributed by atoms with Crippen molar-refractivity contribution in [3.63, 3.8) is 0 Å². The lowest BCUT2D eigenvalue weighted by Crippen LogP contribution is -2.35. The summed E-state index contributed by atoms with van der Waals surface area (Å²) in [6.45, 7) is 9.70. The zero-order valence-electron chi connectivity index (χ0n) is 13.2. The first kappa shape index (κ1) is 17.1. The third-order valence-corrected chi connectivity index (χ3v) is 5.19. The van der Waals surface area contributed by atoms with Crippen LogP contribution in [0, 0.1) is 11.8 Å². The molecule has 118 valence electrons. The summed E-state index contributed by atoms with van der Waals surface area (Å²) >= 11 is 12.6. The molecule has 0 aliphatic carbocycles. The molecule has 21 heavy (non-hydrogen) atoms. The van der Waals surface area contributed by atoms with Crippen LogP contribution < -0.4 is 5.32 Å². The minimum absolute atomic E-state index is 0.172. The number of benzene rings is 1. The van der Waals surface area contributed by atoms with Crippen LogP contribution >= 0.6 is 23.2 Å². The van der Waals surface area contributed by atoms with Crippen molar-refractivity contribution >= 4 is 23.2 Å². The molecule has 0 saturated carbocycles. The number of rotatable bonds is 5. The minimum Gasteiger partial charge on any atom is -0.375 e. The van der Waals surface area contributed by atoms with Crippen molar-refractivity contribution in [1.82, 2.24) is 5.32 Å². The van der Waals surface area contributed by atoms with Crippen molar-refractivity contribution in [2.75, 3.05) is 6.54 Å². The van der Waals surface area contributed by atoms with Crippen LogP contribution in [0.1, 0.15) is 45.7 Å². The highest BCUT2D eigenvalue weighted by Gasteiger charge is 2.42. The molecule has 1 aromatic carbocycles. The molecule has 0 bridgehead atoms. The van der Waals surface area contributed by atoms with Crippen molar-refractivity contribution < 1.29 is 4.74 Å². The van der Waals surface area contributed by atoms with E-state index in [4.69, 9.17) is 27.9 Å². The molecule has 5 unspecified atom stereocenters. The van der Waals surface area contributed by atoms with E-state index in [0.717, 1.165) is 28.6 Å². The van der Waals surface area contributed by atoms with Crippen molar-refractivity contribution in [2.45, 2.75) is 52.4 Å². The lowest BCUT2D eigenvalue weighted by atomic mass is 9.80. The molecule has 0 aromatic heterocycles. The first-order chi connectivity index (χ1) is 9.95. The molecule has 1 fully saturated rings. The summed E-state index contributed by atoms with van der Waals surface area (Å²) in [5.74, 6) is 0.868. The summed E-state index contributed by atoms with van der Waals surface area (Å²) in [6, 6.07) is 5.88. The average Bonchev–Trinajstić information content (AvgIpc) is 2.69. The van der Waals surface area contributed by atoms with Crippen molar-refractivity contribution in [3.8, 4) is 0 Å². The van der Waals surface area contributed by atoms with E-state index in [9.17, 15) is 0 Å². The lowest BCUT2D eigenvalue weighted by molar-refractivity contribution is 0.0475. The van der Waals surface area contributed by atoms with E-state index < -0.39 is 0 Å². The van der Waals surface area contributed by atoms with Gasteiger partial charge in [-0.2, -0.15) is 0 Å². The standard InChI is InChI=1S/C17H25Cl2NO/c1-5-8-20-17(14-9-13(18)6-7-15(14)19)16-10(2)11(3)21-12(16)4/h6-7,9-12,16-17,20H,5,8H2,1-4H3. The Balaban J connectivity index is 2.36. The van der Waals surface area contributed by atoms with Gasteiger partial charge < -0.3 is 10.1 Å². The van der Waals surface area contributed by atoms with Gasteiger partial charge >= 0.3 is 0 Å². The van der Waals surface area contributed by atoms with Gasteiger partial charge in [0.2, 0.25) is 0 Å². The summed E-state index contributed by atoms with van der Waals surface area (Å²) in [6.07, 6.45) is 1.56. The van der Waals surface area contributed by atoms with Gasteiger partial charge in [-0.05, 0) is 56.5 Å². The molecule has 4 heteroatoms. The smallest absolute Gasteiger partial charge is 0.0600 e. The number of hydrogen-bond acceptors (Lipinski definition) is 2. The molecule has 5 atom stereocenters. The zero-order chi connectivity index (χ0) is 15.6. The van der Waals surface area contributed by atoms with Gasteiger partial charge in [-0.25, -0.2) is 0 Å². The fourth-order valence-corrected chi connectivity index (χ4v) is 3.79. The minimum atomic E-state index is 0.172. The largest absolute Gasteiger partial charge is 0.375 e. The Bertz CT molecular complexity index is 480. The molecule has 1 aliphatic rings. The molecule has 1 aliphatic heterocycles. The Morgan fingerprint density at radius 2 is 1.90 bits per heavy atom. The Labute approximate surface area is 138 Å². The van der Waals surface area contributed by atoms with Crippen LogP contribution in [0.25, 0.3) is 0 Å². The van der Waals surface area contributed by atoms with Crippen molar-refractivity contribution in [2.24, 2.45) is 11.8 Å². The van der Waals surface area contributed by atoms with Crippen molar-refractivity contribution in [1.29, 1.82) is 0 Å². The molecule has 0 amide bonds. The van der Waals surface area contributed by atoms with E-state index in [1.807, 2.05) is 18.2 Å². The second kappa shape index (κ2) is 7.32. The van der Waals surface area contributed by atoms with E-state index in [-0.39, 0.29) is 18.2 Å². The molecule has 1 saturated heterocycles. The second-order valence-electron chi connectivity index (χ2n) is 6.08. The Morgan fingerprint density at radius 3 is 2.48 bits per heavy atom. The van der Waals surface area contributed by atoms with Gasteiger partial charge in [-0.3, -0.25) is 0 Å². The SMILES string of the molecule is CCCNC(c1cc(Cl)ccc1Cl)C1C(C)OC(C)C1C. The van der Waals surface area contributed by atoms with Gasteiger partial charge in [-0.1, -0.05) is 37.0 Å². The summed E-state index contributed by atoms with van der Waals surface area (Å²) in [4.78, 5) is 0. The number of halogens is 2. The van der Waals surface area contributed by atoms with Gasteiger partial charge in [0.05, 0.1) is 12.2 Å². The third-order valence-electron chi connectivity index (χ3n) is 4.61. The van der Waals surface area contributed by atoms with Crippen LogP contribution in [0.4, 0.5) is 0 Å². The first-order valence-corrected chi connectivity index (χ1v) is 8.55. The number of ether oxygens (including phenoxy) is 1. The maximum absolute atomic E-state index is 6.44. The quantitative estimate of drug-likeness (QED) is 0.811. The van der Waals surface area contributed by atoms with Crippen LogP contribution in [0.5, 0.6) is 0 Å². The summed E-state index contributed by atoms with van der Waals surface area (Å²) in [7, 11) is 0. The highest BCUT2D eigenvalue weighted by Crippen LogP contribution is 2.42. The molecule has 0 spiro atoms. The van der Waals surface area contributed by atoms with Crippen LogP contribution in [-0.2, 0) is 4.74 Å². The van der Waals surface area contributed by atoms with E-state index in [1.165, 1.54) is 0 Å². The van der Waals surface area contributed by atoms with Gasteiger partial charge in [0.15, 0.2) is 0 Å². The van der Waals surface area contributed by atoms with Crippen molar-refractivity contribution in [3.05, 3.63) is 33.8 Å². The number of nitrogens with one attached hydrogen (secondary N) is 1. The van der Waals surface area contributed by atoms with E-state index in [0.29, 0.717) is 11.8 Å². The highest BCUT2D eigenvalue weighted by molar-refractivity contribution is 6.33. The maximum atomic E-state index is 6.44. The van der Waals surface area contributed by atoms with Crippen LogP contribution in [0.3, 0.4) is 0 Å². The molecule has 1 aromatic rings. The van der Waals surface area contributed by atoms with Gasteiger partial charge in [0.25, 0.3) is 0 Å². The highest BCUT2D eigenvalue weighted by atomic mass is 35.5. The Kier molecular flexibility index (Phi) is 5.96. The van der Waals surface area contributed by atoms with Gasteiger partial charge in [0.1, 0.15) is 0 Å². The second-order valence-corrected chi connectivity index (χ2v) is 6.92. The summed E-state index contributed by atoms with van der Waals surface area (Å²) < 4.78 is 6.02. The first-order valence-electron chi connectivity index (χ1n) is 7.79. The Hall–Kier alpha value is -0.280. The summed E-state index contributed by atoms with van der Waals surface area (Å²) in [5.41, 5.74) is 1.08. The molecule has 0 radical (unpaired) electrons. The van der Waals surface area contributed by atoms with E-state index >= 15 is 0 Å². The Morgan fingerprint density at radius 1 is 1.19 bits per heavy atom. The molecule has 1 N–H and O–H groups in total. The van der Waals surface area contributed by atoms with Gasteiger partial charge in [0, 0.05) is 22.0 Å². The normalized spacial score (nSPS) is 30.6. The van der Waals surface area contributed by atoms with Crippen LogP contribution in [0.2, 0.25) is 10.0 Å². The molecule has 1 heterocycles. The van der Waals surface area contributed by atoms with Crippen LogP contribution in [-0.4, -0.2) is 18.8 Å². The molecular weight excluding hydrogens is 305 g/mol. The lowest BCUT2D eigenvalue weighted by Gasteiger charge is -2.31. The number of hydrogen-bond donors (Lipinski definition) is 1. The maximum Gasteiger partial charge on any atom is 0.0600 e. The van der Waals surface area contributed by atoms with E-state index in [1.54, 1.807) is 0 Å².